The van der Waals surface area contributed by atoms with E-state index in [1.165, 1.54) is 37.1 Å². The van der Waals surface area contributed by atoms with Crippen LogP contribution in [-0.2, 0) is 6.54 Å². The van der Waals surface area contributed by atoms with Gasteiger partial charge in [0.1, 0.15) is 0 Å². The number of hydrogen-bond acceptors (Lipinski definition) is 3. The van der Waals surface area contributed by atoms with Crippen molar-refractivity contribution in [2.75, 3.05) is 19.6 Å². The Morgan fingerprint density at radius 3 is 2.55 bits per heavy atom. The fourth-order valence-corrected chi connectivity index (χ4v) is 4.64. The number of rotatable bonds is 5. The molecule has 1 saturated heterocycles. The average Bonchev–Trinajstić information content (AvgIpc) is 3.41. The molecule has 1 fully saturated rings. The van der Waals surface area contributed by atoms with E-state index >= 15 is 0 Å². The SMILES string of the molecule is Cc1ccc(-c2ccn(-c3ccc4c(cnn4CCN4CCCC4)c3)c(=O)c2)c(C)c1. The van der Waals surface area contributed by atoms with Gasteiger partial charge in [-0.25, -0.2) is 0 Å². The molecule has 0 bridgehead atoms. The maximum absolute atomic E-state index is 12.9. The summed E-state index contributed by atoms with van der Waals surface area (Å²) in [5.41, 5.74) is 6.41. The third-order valence-corrected chi connectivity index (χ3v) is 6.34. The summed E-state index contributed by atoms with van der Waals surface area (Å²) < 4.78 is 3.78. The fourth-order valence-electron chi connectivity index (χ4n) is 4.64. The van der Waals surface area contributed by atoms with Crippen molar-refractivity contribution < 1.29 is 0 Å². The lowest BCUT2D eigenvalue weighted by molar-refractivity contribution is 0.318. The standard InChI is InChI=1S/C26H28N4O/c1-19-5-7-24(20(2)15-19)21-9-12-29(26(31)17-21)23-6-8-25-22(16-23)18-27-30(25)14-13-28-10-3-4-11-28/h5-9,12,15-18H,3-4,10-11,13-14H2,1-2H3. The number of fused-ring (bicyclic) bond motifs is 1. The molecule has 0 unspecified atom stereocenters. The molecule has 2 aromatic heterocycles. The van der Waals surface area contributed by atoms with Crippen LogP contribution >= 0.6 is 0 Å². The van der Waals surface area contributed by atoms with Crippen LogP contribution in [0, 0.1) is 13.8 Å². The number of benzene rings is 2. The lowest BCUT2D eigenvalue weighted by Crippen LogP contribution is -2.24. The highest BCUT2D eigenvalue weighted by Crippen LogP contribution is 2.24. The number of aromatic nitrogens is 3. The molecule has 0 radical (unpaired) electrons. The highest BCUT2D eigenvalue weighted by atomic mass is 16.1. The Labute approximate surface area is 182 Å². The minimum Gasteiger partial charge on any atom is -0.301 e. The van der Waals surface area contributed by atoms with E-state index in [4.69, 9.17) is 0 Å². The first-order chi connectivity index (χ1) is 15.1. The zero-order valence-corrected chi connectivity index (χ0v) is 18.2. The van der Waals surface area contributed by atoms with Gasteiger partial charge >= 0.3 is 0 Å². The van der Waals surface area contributed by atoms with E-state index in [1.807, 2.05) is 30.6 Å². The number of likely N-dealkylation sites (tertiary alicyclic amines) is 1. The number of pyridine rings is 1. The molecule has 158 valence electrons. The molecule has 2 aromatic carbocycles. The van der Waals surface area contributed by atoms with Gasteiger partial charge in [-0.2, -0.15) is 5.10 Å². The highest BCUT2D eigenvalue weighted by Gasteiger charge is 2.12. The van der Waals surface area contributed by atoms with E-state index in [-0.39, 0.29) is 5.56 Å². The summed E-state index contributed by atoms with van der Waals surface area (Å²) in [6.07, 6.45) is 6.38. The van der Waals surface area contributed by atoms with Gasteiger partial charge in [0.25, 0.3) is 5.56 Å². The summed E-state index contributed by atoms with van der Waals surface area (Å²) >= 11 is 0. The predicted octanol–water partition coefficient (Wildman–Crippen LogP) is 4.57. The first-order valence-corrected chi connectivity index (χ1v) is 11.1. The van der Waals surface area contributed by atoms with Crippen LogP contribution in [0.4, 0.5) is 0 Å². The van der Waals surface area contributed by atoms with Crippen LogP contribution in [0.3, 0.4) is 0 Å². The Hall–Kier alpha value is -3.18. The fraction of sp³-hybridized carbons (Fsp3) is 0.308. The topological polar surface area (TPSA) is 43.1 Å². The van der Waals surface area contributed by atoms with E-state index in [0.29, 0.717) is 0 Å². The summed E-state index contributed by atoms with van der Waals surface area (Å²) in [6, 6.07) is 16.2. The van der Waals surface area contributed by atoms with Gasteiger partial charge in [0.15, 0.2) is 0 Å². The number of aryl methyl sites for hydroxylation is 2. The second-order valence-corrected chi connectivity index (χ2v) is 8.60. The van der Waals surface area contributed by atoms with E-state index in [9.17, 15) is 4.79 Å². The molecule has 0 N–H and O–H groups in total. The minimum absolute atomic E-state index is 0.0294. The van der Waals surface area contributed by atoms with Crippen molar-refractivity contribution in [2.45, 2.75) is 33.2 Å². The van der Waals surface area contributed by atoms with Crippen LogP contribution in [0.15, 0.2) is 65.7 Å². The van der Waals surface area contributed by atoms with Crippen LogP contribution < -0.4 is 5.56 Å². The summed E-state index contributed by atoms with van der Waals surface area (Å²) in [5, 5.41) is 5.65. The van der Waals surface area contributed by atoms with Crippen molar-refractivity contribution in [1.29, 1.82) is 0 Å². The zero-order chi connectivity index (χ0) is 21.4. The molecule has 0 atom stereocenters. The van der Waals surface area contributed by atoms with E-state index < -0.39 is 0 Å². The largest absolute Gasteiger partial charge is 0.301 e. The summed E-state index contributed by atoms with van der Waals surface area (Å²) in [6.45, 7) is 8.50. The van der Waals surface area contributed by atoms with Crippen molar-refractivity contribution in [3.8, 4) is 16.8 Å². The molecule has 31 heavy (non-hydrogen) atoms. The molecule has 0 spiro atoms. The molecule has 0 aliphatic carbocycles. The molecule has 0 saturated carbocycles. The van der Waals surface area contributed by atoms with Gasteiger partial charge in [0.2, 0.25) is 0 Å². The second kappa shape index (κ2) is 8.16. The third kappa shape index (κ3) is 3.93. The van der Waals surface area contributed by atoms with Gasteiger partial charge in [-0.1, -0.05) is 23.8 Å². The quantitative estimate of drug-likeness (QED) is 0.482. The third-order valence-electron chi connectivity index (χ3n) is 6.34. The van der Waals surface area contributed by atoms with Crippen molar-refractivity contribution >= 4 is 10.9 Å². The van der Waals surface area contributed by atoms with Crippen molar-refractivity contribution in [3.63, 3.8) is 0 Å². The first kappa shape index (κ1) is 19.8. The van der Waals surface area contributed by atoms with Crippen LogP contribution in [0.1, 0.15) is 24.0 Å². The van der Waals surface area contributed by atoms with E-state index in [2.05, 4.69) is 52.8 Å². The summed E-state index contributed by atoms with van der Waals surface area (Å²) in [5.74, 6) is 0. The molecule has 5 heteroatoms. The molecule has 1 aliphatic heterocycles. The summed E-state index contributed by atoms with van der Waals surface area (Å²) in [7, 11) is 0. The Bertz CT molecular complexity index is 1290. The van der Waals surface area contributed by atoms with Crippen LogP contribution in [0.5, 0.6) is 0 Å². The van der Waals surface area contributed by atoms with Gasteiger partial charge < -0.3 is 4.90 Å². The number of hydrogen-bond donors (Lipinski definition) is 0. The van der Waals surface area contributed by atoms with Crippen LogP contribution in [0.2, 0.25) is 0 Å². The average molecular weight is 413 g/mol. The number of nitrogens with zero attached hydrogens (tertiary/aromatic N) is 4. The van der Waals surface area contributed by atoms with Crippen molar-refractivity contribution in [3.05, 3.63) is 82.4 Å². The van der Waals surface area contributed by atoms with Gasteiger partial charge in [0, 0.05) is 29.9 Å². The van der Waals surface area contributed by atoms with Gasteiger partial charge in [-0.05, 0) is 80.7 Å². The van der Waals surface area contributed by atoms with E-state index in [1.54, 1.807) is 10.6 Å². The molecule has 5 rings (SSSR count). The van der Waals surface area contributed by atoms with E-state index in [0.717, 1.165) is 40.8 Å². The maximum Gasteiger partial charge on any atom is 0.255 e. The zero-order valence-electron chi connectivity index (χ0n) is 18.2. The van der Waals surface area contributed by atoms with Crippen LogP contribution in [0.25, 0.3) is 27.7 Å². The van der Waals surface area contributed by atoms with Gasteiger partial charge in [-0.3, -0.25) is 14.0 Å². The lowest BCUT2D eigenvalue weighted by atomic mass is 10.00. The Morgan fingerprint density at radius 2 is 1.77 bits per heavy atom. The first-order valence-electron chi connectivity index (χ1n) is 11.1. The maximum atomic E-state index is 12.9. The highest BCUT2D eigenvalue weighted by molar-refractivity contribution is 5.81. The monoisotopic (exact) mass is 412 g/mol. The van der Waals surface area contributed by atoms with Gasteiger partial charge in [0.05, 0.1) is 18.3 Å². The predicted molar refractivity (Wildman–Crippen MR) is 126 cm³/mol. The minimum atomic E-state index is -0.0294. The molecular weight excluding hydrogens is 384 g/mol. The smallest absolute Gasteiger partial charge is 0.255 e. The Balaban J connectivity index is 1.42. The molecule has 0 amide bonds. The lowest BCUT2D eigenvalue weighted by Gasteiger charge is -2.14. The Kier molecular flexibility index (Phi) is 5.20. The molecule has 5 nitrogen and oxygen atoms in total. The second-order valence-electron chi connectivity index (χ2n) is 8.60. The summed E-state index contributed by atoms with van der Waals surface area (Å²) in [4.78, 5) is 15.4. The molecule has 4 aromatic rings. The molecule has 3 heterocycles. The molecular formula is C26H28N4O. The Morgan fingerprint density at radius 1 is 0.935 bits per heavy atom. The normalized spacial score (nSPS) is 14.5. The van der Waals surface area contributed by atoms with Crippen molar-refractivity contribution in [1.82, 2.24) is 19.2 Å². The van der Waals surface area contributed by atoms with Gasteiger partial charge in [-0.15, -0.1) is 0 Å². The van der Waals surface area contributed by atoms with Crippen molar-refractivity contribution in [2.24, 2.45) is 0 Å². The van der Waals surface area contributed by atoms with Crippen LogP contribution in [-0.4, -0.2) is 38.9 Å². The molecule has 1 aliphatic rings.